The average molecular weight is 413 g/mol. The summed E-state index contributed by atoms with van der Waals surface area (Å²) in [5.41, 5.74) is 4.86. The van der Waals surface area contributed by atoms with Crippen molar-refractivity contribution in [3.8, 4) is 5.82 Å². The number of likely N-dealkylation sites (tertiary alicyclic amines) is 1. The molecule has 0 radical (unpaired) electrons. The van der Waals surface area contributed by atoms with Crippen LogP contribution < -0.4 is 5.73 Å². The smallest absolute Gasteiger partial charge is 0.337 e. The first-order valence-electron chi connectivity index (χ1n) is 7.34. The van der Waals surface area contributed by atoms with Gasteiger partial charge in [-0.3, -0.25) is 4.79 Å². The molecule has 2 aromatic rings. The number of nitrogens with zero attached hydrogens (tertiary/aromatic N) is 5. The molecule has 1 amide bonds. The van der Waals surface area contributed by atoms with Crippen molar-refractivity contribution in [3.05, 3.63) is 35.8 Å². The SMILES string of the molecule is Cl.Cl.NCC1CCN(C(=O)c2cn(-c3ccc(C(F)(F)F)cn3)nn2)C1. The minimum absolute atomic E-state index is 0. The highest BCUT2D eigenvalue weighted by Gasteiger charge is 2.31. The Kier molecular flexibility index (Phi) is 7.36. The Labute approximate surface area is 159 Å². The summed E-state index contributed by atoms with van der Waals surface area (Å²) in [4.78, 5) is 17.7. The number of pyridine rings is 1. The fraction of sp³-hybridized carbons (Fsp3) is 0.429. The van der Waals surface area contributed by atoms with Gasteiger partial charge in [0.1, 0.15) is 0 Å². The third-order valence-corrected chi connectivity index (χ3v) is 3.93. The van der Waals surface area contributed by atoms with Gasteiger partial charge in [0.25, 0.3) is 5.91 Å². The van der Waals surface area contributed by atoms with Crippen LogP contribution in [-0.4, -0.2) is 50.4 Å². The van der Waals surface area contributed by atoms with E-state index in [2.05, 4.69) is 15.3 Å². The van der Waals surface area contributed by atoms with Crippen LogP contribution in [0.5, 0.6) is 0 Å². The molecule has 0 bridgehead atoms. The van der Waals surface area contributed by atoms with Crippen LogP contribution >= 0.6 is 24.8 Å². The quantitative estimate of drug-likeness (QED) is 0.831. The molecule has 1 atom stereocenters. The number of aromatic nitrogens is 4. The second-order valence-electron chi connectivity index (χ2n) is 5.59. The van der Waals surface area contributed by atoms with Gasteiger partial charge < -0.3 is 10.6 Å². The van der Waals surface area contributed by atoms with Gasteiger partial charge in [0.2, 0.25) is 0 Å². The highest BCUT2D eigenvalue weighted by Crippen LogP contribution is 2.28. The standard InChI is InChI=1S/C14H15F3N6O.2ClH/c15-14(16,17)10-1-2-12(19-6-10)23-8-11(20-21-23)13(24)22-4-3-9(5-18)7-22;;/h1-2,6,8-9H,3-5,7,18H2;2*1H. The van der Waals surface area contributed by atoms with Gasteiger partial charge in [-0.05, 0) is 31.0 Å². The van der Waals surface area contributed by atoms with Crippen molar-refractivity contribution in [2.75, 3.05) is 19.6 Å². The van der Waals surface area contributed by atoms with Crippen molar-refractivity contribution in [1.82, 2.24) is 24.9 Å². The number of nitrogens with two attached hydrogens (primary N) is 1. The third kappa shape index (κ3) is 4.63. The van der Waals surface area contributed by atoms with E-state index in [0.717, 1.165) is 12.5 Å². The van der Waals surface area contributed by atoms with Crippen LogP contribution in [0, 0.1) is 5.92 Å². The minimum atomic E-state index is -4.45. The maximum Gasteiger partial charge on any atom is 0.417 e. The van der Waals surface area contributed by atoms with E-state index in [-0.39, 0.29) is 48.2 Å². The molecule has 3 heterocycles. The molecule has 144 valence electrons. The Morgan fingerprint density at radius 2 is 2.04 bits per heavy atom. The molecule has 1 fully saturated rings. The number of hydrogen-bond donors (Lipinski definition) is 1. The molecular formula is C14H17Cl2F3N6O. The van der Waals surface area contributed by atoms with Crippen LogP contribution in [0.25, 0.3) is 5.82 Å². The molecule has 7 nitrogen and oxygen atoms in total. The van der Waals surface area contributed by atoms with Crippen molar-refractivity contribution >= 4 is 30.7 Å². The van der Waals surface area contributed by atoms with Gasteiger partial charge in [0, 0.05) is 19.3 Å². The molecule has 3 rings (SSSR count). The van der Waals surface area contributed by atoms with Gasteiger partial charge in [-0.1, -0.05) is 5.21 Å². The Morgan fingerprint density at radius 1 is 1.31 bits per heavy atom. The van der Waals surface area contributed by atoms with Crippen molar-refractivity contribution in [2.24, 2.45) is 11.7 Å². The third-order valence-electron chi connectivity index (χ3n) is 3.93. The number of amides is 1. The zero-order valence-corrected chi connectivity index (χ0v) is 15.0. The lowest BCUT2D eigenvalue weighted by atomic mass is 10.1. The molecule has 1 unspecified atom stereocenters. The summed E-state index contributed by atoms with van der Waals surface area (Å²) in [5, 5.41) is 7.55. The van der Waals surface area contributed by atoms with E-state index < -0.39 is 11.7 Å². The van der Waals surface area contributed by atoms with Crippen LogP contribution in [0.3, 0.4) is 0 Å². The number of alkyl halides is 3. The number of rotatable bonds is 3. The van der Waals surface area contributed by atoms with Crippen molar-refractivity contribution in [2.45, 2.75) is 12.6 Å². The highest BCUT2D eigenvalue weighted by molar-refractivity contribution is 5.92. The largest absolute Gasteiger partial charge is 0.417 e. The van der Waals surface area contributed by atoms with Crippen molar-refractivity contribution in [3.63, 3.8) is 0 Å². The maximum absolute atomic E-state index is 12.5. The topological polar surface area (TPSA) is 89.9 Å². The summed E-state index contributed by atoms with van der Waals surface area (Å²) in [6.07, 6.45) is -1.54. The summed E-state index contributed by atoms with van der Waals surface area (Å²) < 4.78 is 38.8. The molecule has 1 aliphatic heterocycles. The molecule has 0 spiro atoms. The van der Waals surface area contributed by atoms with E-state index >= 15 is 0 Å². The summed E-state index contributed by atoms with van der Waals surface area (Å²) in [6, 6.07) is 2.07. The van der Waals surface area contributed by atoms with E-state index in [1.807, 2.05) is 0 Å². The van der Waals surface area contributed by atoms with E-state index in [0.29, 0.717) is 25.8 Å². The minimum Gasteiger partial charge on any atom is -0.337 e. The monoisotopic (exact) mass is 412 g/mol. The van der Waals surface area contributed by atoms with E-state index in [1.165, 1.54) is 16.9 Å². The van der Waals surface area contributed by atoms with Crippen LogP contribution in [0.1, 0.15) is 22.5 Å². The fourth-order valence-electron chi connectivity index (χ4n) is 2.53. The number of carbonyl (C=O) groups excluding carboxylic acids is 1. The zero-order chi connectivity index (χ0) is 17.3. The van der Waals surface area contributed by atoms with E-state index in [4.69, 9.17) is 5.73 Å². The number of halogens is 5. The molecule has 1 aliphatic rings. The lowest BCUT2D eigenvalue weighted by Gasteiger charge is -2.13. The van der Waals surface area contributed by atoms with E-state index in [1.54, 1.807) is 4.90 Å². The van der Waals surface area contributed by atoms with Crippen molar-refractivity contribution in [1.29, 1.82) is 0 Å². The molecule has 0 aromatic carbocycles. The summed E-state index contributed by atoms with van der Waals surface area (Å²) in [6.45, 7) is 1.69. The second-order valence-corrected chi connectivity index (χ2v) is 5.59. The van der Waals surface area contributed by atoms with Gasteiger partial charge in [-0.15, -0.1) is 29.9 Å². The Hall–Kier alpha value is -1.91. The number of carbonyl (C=O) groups is 1. The van der Waals surface area contributed by atoms with E-state index in [9.17, 15) is 18.0 Å². The highest BCUT2D eigenvalue weighted by atomic mass is 35.5. The molecular weight excluding hydrogens is 396 g/mol. The molecule has 26 heavy (non-hydrogen) atoms. The predicted molar refractivity (Wildman–Crippen MR) is 91.7 cm³/mol. The van der Waals surface area contributed by atoms with Gasteiger partial charge >= 0.3 is 6.18 Å². The first kappa shape index (κ1) is 22.1. The molecule has 0 saturated carbocycles. The lowest BCUT2D eigenvalue weighted by Crippen LogP contribution is -2.30. The first-order chi connectivity index (χ1) is 11.4. The predicted octanol–water partition coefficient (Wildman–Crippen LogP) is 1.95. The molecule has 1 saturated heterocycles. The van der Waals surface area contributed by atoms with Gasteiger partial charge in [0.05, 0.1) is 11.8 Å². The van der Waals surface area contributed by atoms with Crippen LogP contribution in [0.15, 0.2) is 24.5 Å². The summed E-state index contributed by atoms with van der Waals surface area (Å²) in [5.74, 6) is 0.153. The van der Waals surface area contributed by atoms with Gasteiger partial charge in [0.15, 0.2) is 11.5 Å². The van der Waals surface area contributed by atoms with Gasteiger partial charge in [-0.2, -0.15) is 13.2 Å². The van der Waals surface area contributed by atoms with Crippen LogP contribution in [0.4, 0.5) is 13.2 Å². The maximum atomic E-state index is 12.5. The average Bonchev–Trinajstić information content (AvgIpc) is 3.23. The molecule has 0 aliphatic carbocycles. The van der Waals surface area contributed by atoms with Crippen molar-refractivity contribution < 1.29 is 18.0 Å². The molecule has 2 aromatic heterocycles. The Bertz CT molecular complexity index is 737. The van der Waals surface area contributed by atoms with Gasteiger partial charge in [-0.25, -0.2) is 9.67 Å². The molecule has 2 N–H and O–H groups in total. The Morgan fingerprint density at radius 3 is 2.58 bits per heavy atom. The normalized spacial score (nSPS) is 16.8. The molecule has 12 heteroatoms. The lowest BCUT2D eigenvalue weighted by molar-refractivity contribution is -0.137. The first-order valence-corrected chi connectivity index (χ1v) is 7.34. The summed E-state index contributed by atoms with van der Waals surface area (Å²) in [7, 11) is 0. The number of hydrogen-bond acceptors (Lipinski definition) is 5. The fourth-order valence-corrected chi connectivity index (χ4v) is 2.53. The summed E-state index contributed by atoms with van der Waals surface area (Å²) >= 11 is 0. The Balaban J connectivity index is 0.00000169. The zero-order valence-electron chi connectivity index (χ0n) is 13.4. The van der Waals surface area contributed by atoms with Crippen LogP contribution in [-0.2, 0) is 6.18 Å². The second kappa shape index (κ2) is 8.65. The van der Waals surface area contributed by atoms with Crippen LogP contribution in [0.2, 0.25) is 0 Å².